The Hall–Kier alpha value is -1.20. The van der Waals surface area contributed by atoms with E-state index in [-0.39, 0.29) is 11.8 Å². The van der Waals surface area contributed by atoms with Crippen LogP contribution in [0.4, 0.5) is 8.78 Å². The second-order valence-electron chi connectivity index (χ2n) is 4.75. The minimum absolute atomic E-state index is 0.0768. The largest absolute Gasteiger partial charge is 0.435 e. The van der Waals surface area contributed by atoms with Gasteiger partial charge in [0.05, 0.1) is 6.61 Å². The van der Waals surface area contributed by atoms with Gasteiger partial charge in [-0.05, 0) is 37.5 Å². The topological polar surface area (TPSA) is 30.5 Å². The lowest BCUT2D eigenvalue weighted by Gasteiger charge is -2.27. The summed E-state index contributed by atoms with van der Waals surface area (Å²) in [6.45, 7) is 0.753. The fourth-order valence-electron chi connectivity index (χ4n) is 2.28. The molecule has 0 aromatic heterocycles. The van der Waals surface area contributed by atoms with Crippen LogP contribution in [0.1, 0.15) is 31.4 Å². The van der Waals surface area contributed by atoms with Gasteiger partial charge in [-0.1, -0.05) is 12.1 Å². The monoisotopic (exact) mass is 271 g/mol. The standard InChI is InChI=1S/C14H19F2NO2/c1-10(17-12-5-3-7-18-9-12)11-4-2-6-13(8-11)19-14(15)16/h2,4,6,8,10,12,14,17H,3,5,7,9H2,1H3/t10-,12+/m0/s1. The third kappa shape index (κ3) is 4.44. The molecule has 1 heterocycles. The number of halogens is 2. The minimum atomic E-state index is -2.79. The van der Waals surface area contributed by atoms with Gasteiger partial charge in [0.25, 0.3) is 0 Å². The molecule has 0 aliphatic carbocycles. The van der Waals surface area contributed by atoms with Crippen LogP contribution >= 0.6 is 0 Å². The first kappa shape index (κ1) is 14.2. The normalized spacial score (nSPS) is 21.4. The maximum Gasteiger partial charge on any atom is 0.387 e. The van der Waals surface area contributed by atoms with Crippen molar-refractivity contribution in [2.75, 3.05) is 13.2 Å². The van der Waals surface area contributed by atoms with Crippen LogP contribution in [0.2, 0.25) is 0 Å². The average molecular weight is 271 g/mol. The van der Waals surface area contributed by atoms with E-state index in [1.807, 2.05) is 13.0 Å². The molecule has 2 rings (SSSR count). The SMILES string of the molecule is C[C@H](N[C@@H]1CCCOC1)c1cccc(OC(F)F)c1. The van der Waals surface area contributed by atoms with Crippen LogP contribution in [0.15, 0.2) is 24.3 Å². The summed E-state index contributed by atoms with van der Waals surface area (Å²) >= 11 is 0. The predicted octanol–water partition coefficient (Wildman–Crippen LogP) is 3.12. The molecule has 1 aromatic carbocycles. The molecule has 1 aliphatic rings. The van der Waals surface area contributed by atoms with E-state index in [0.717, 1.165) is 25.0 Å². The van der Waals surface area contributed by atoms with Crippen LogP contribution in [0, 0.1) is 0 Å². The Morgan fingerprint density at radius 3 is 2.95 bits per heavy atom. The molecule has 1 saturated heterocycles. The third-order valence-corrected chi connectivity index (χ3v) is 3.23. The molecule has 106 valence electrons. The molecule has 1 aliphatic heterocycles. The molecular weight excluding hydrogens is 252 g/mol. The highest BCUT2D eigenvalue weighted by molar-refractivity contribution is 5.30. The quantitative estimate of drug-likeness (QED) is 0.892. The zero-order chi connectivity index (χ0) is 13.7. The highest BCUT2D eigenvalue weighted by Crippen LogP contribution is 2.21. The lowest BCUT2D eigenvalue weighted by molar-refractivity contribution is -0.0499. The Kier molecular flexibility index (Phi) is 5.10. The summed E-state index contributed by atoms with van der Waals surface area (Å²) in [5, 5.41) is 3.45. The molecule has 0 unspecified atom stereocenters. The molecule has 0 spiro atoms. The Bertz CT molecular complexity index is 395. The first-order valence-corrected chi connectivity index (χ1v) is 6.53. The predicted molar refractivity (Wildman–Crippen MR) is 68.5 cm³/mol. The summed E-state index contributed by atoms with van der Waals surface area (Å²) in [6.07, 6.45) is 2.14. The van der Waals surface area contributed by atoms with Gasteiger partial charge < -0.3 is 14.8 Å². The Morgan fingerprint density at radius 1 is 1.42 bits per heavy atom. The van der Waals surface area contributed by atoms with Gasteiger partial charge in [0.2, 0.25) is 0 Å². The third-order valence-electron chi connectivity index (χ3n) is 3.23. The number of nitrogens with one attached hydrogen (secondary N) is 1. The van der Waals surface area contributed by atoms with Gasteiger partial charge in [-0.3, -0.25) is 0 Å². The van der Waals surface area contributed by atoms with Crippen LogP contribution in [0.5, 0.6) is 5.75 Å². The van der Waals surface area contributed by atoms with Crippen LogP contribution in [0.25, 0.3) is 0 Å². The second kappa shape index (κ2) is 6.82. The minimum Gasteiger partial charge on any atom is -0.435 e. The smallest absolute Gasteiger partial charge is 0.387 e. The molecule has 3 nitrogen and oxygen atoms in total. The van der Waals surface area contributed by atoms with E-state index >= 15 is 0 Å². The molecule has 0 radical (unpaired) electrons. The van der Waals surface area contributed by atoms with Gasteiger partial charge in [0, 0.05) is 18.7 Å². The van der Waals surface area contributed by atoms with E-state index in [2.05, 4.69) is 10.1 Å². The fourth-order valence-corrected chi connectivity index (χ4v) is 2.28. The molecule has 19 heavy (non-hydrogen) atoms. The van der Waals surface area contributed by atoms with Gasteiger partial charge in [-0.25, -0.2) is 0 Å². The van der Waals surface area contributed by atoms with E-state index in [0.29, 0.717) is 12.6 Å². The summed E-state index contributed by atoms with van der Waals surface area (Å²) in [5.74, 6) is 0.195. The molecule has 1 aromatic rings. The van der Waals surface area contributed by atoms with Crippen molar-refractivity contribution < 1.29 is 18.3 Å². The first-order valence-electron chi connectivity index (χ1n) is 6.53. The molecule has 0 amide bonds. The van der Waals surface area contributed by atoms with Crippen molar-refractivity contribution in [3.63, 3.8) is 0 Å². The summed E-state index contributed by atoms with van der Waals surface area (Å²) in [5.41, 5.74) is 0.934. The summed E-state index contributed by atoms with van der Waals surface area (Å²) in [6, 6.07) is 7.21. The number of hydrogen-bond donors (Lipinski definition) is 1. The number of alkyl halides is 2. The molecular formula is C14H19F2NO2. The van der Waals surface area contributed by atoms with Crippen molar-refractivity contribution in [1.29, 1.82) is 0 Å². The molecule has 1 fully saturated rings. The lowest BCUT2D eigenvalue weighted by Crippen LogP contribution is -2.38. The zero-order valence-corrected chi connectivity index (χ0v) is 10.9. The average Bonchev–Trinajstić information content (AvgIpc) is 2.39. The summed E-state index contributed by atoms with van der Waals surface area (Å²) in [7, 11) is 0. The second-order valence-corrected chi connectivity index (χ2v) is 4.75. The number of benzene rings is 1. The number of rotatable bonds is 5. The maximum absolute atomic E-state index is 12.2. The Balaban J connectivity index is 1.95. The molecule has 2 atom stereocenters. The molecule has 5 heteroatoms. The van der Waals surface area contributed by atoms with E-state index in [4.69, 9.17) is 4.74 Å². The van der Waals surface area contributed by atoms with E-state index in [1.165, 1.54) is 6.07 Å². The van der Waals surface area contributed by atoms with Gasteiger partial charge >= 0.3 is 6.61 Å². The van der Waals surface area contributed by atoms with Crippen LogP contribution < -0.4 is 10.1 Å². The lowest BCUT2D eigenvalue weighted by atomic mass is 10.0. The van der Waals surface area contributed by atoms with Crippen molar-refractivity contribution in [2.24, 2.45) is 0 Å². The first-order chi connectivity index (χ1) is 9.15. The summed E-state index contributed by atoms with van der Waals surface area (Å²) < 4.78 is 34.2. The van der Waals surface area contributed by atoms with Crippen molar-refractivity contribution >= 4 is 0 Å². The van der Waals surface area contributed by atoms with Crippen molar-refractivity contribution in [2.45, 2.75) is 38.5 Å². The van der Waals surface area contributed by atoms with Gasteiger partial charge in [0.1, 0.15) is 5.75 Å². The number of ether oxygens (including phenoxy) is 2. The fraction of sp³-hybridized carbons (Fsp3) is 0.571. The van der Waals surface area contributed by atoms with Crippen molar-refractivity contribution in [3.8, 4) is 5.75 Å². The molecule has 1 N–H and O–H groups in total. The molecule has 0 saturated carbocycles. The van der Waals surface area contributed by atoms with E-state index < -0.39 is 6.61 Å². The van der Waals surface area contributed by atoms with Gasteiger partial charge in [-0.15, -0.1) is 0 Å². The Morgan fingerprint density at radius 2 is 2.26 bits per heavy atom. The summed E-state index contributed by atoms with van der Waals surface area (Å²) in [4.78, 5) is 0. The van der Waals surface area contributed by atoms with Gasteiger partial charge in [0.15, 0.2) is 0 Å². The number of hydrogen-bond acceptors (Lipinski definition) is 3. The maximum atomic E-state index is 12.2. The Labute approximate surface area is 111 Å². The molecule has 0 bridgehead atoms. The van der Waals surface area contributed by atoms with Crippen molar-refractivity contribution in [1.82, 2.24) is 5.32 Å². The van der Waals surface area contributed by atoms with Crippen LogP contribution in [0.3, 0.4) is 0 Å². The van der Waals surface area contributed by atoms with Gasteiger partial charge in [-0.2, -0.15) is 8.78 Å². The van der Waals surface area contributed by atoms with Crippen LogP contribution in [-0.4, -0.2) is 25.9 Å². The van der Waals surface area contributed by atoms with E-state index in [9.17, 15) is 8.78 Å². The van der Waals surface area contributed by atoms with E-state index in [1.54, 1.807) is 12.1 Å². The van der Waals surface area contributed by atoms with Crippen LogP contribution in [-0.2, 0) is 4.74 Å². The van der Waals surface area contributed by atoms with Crippen molar-refractivity contribution in [3.05, 3.63) is 29.8 Å². The zero-order valence-electron chi connectivity index (χ0n) is 10.9. The highest BCUT2D eigenvalue weighted by Gasteiger charge is 2.17. The highest BCUT2D eigenvalue weighted by atomic mass is 19.3.